The lowest BCUT2D eigenvalue weighted by Crippen LogP contribution is -2.47. The van der Waals surface area contributed by atoms with E-state index in [2.05, 4.69) is 53.8 Å². The van der Waals surface area contributed by atoms with Gasteiger partial charge in [-0.1, -0.05) is 52.3 Å². The fourth-order valence-corrected chi connectivity index (χ4v) is 5.91. The van der Waals surface area contributed by atoms with Crippen LogP contribution in [-0.4, -0.2) is 59.8 Å². The van der Waals surface area contributed by atoms with E-state index in [9.17, 15) is 9.90 Å². The van der Waals surface area contributed by atoms with Crippen molar-refractivity contribution in [1.82, 2.24) is 0 Å². The minimum absolute atomic E-state index is 0.00846. The second kappa shape index (κ2) is 11.9. The Kier molecular flexibility index (Phi) is 11.1. The van der Waals surface area contributed by atoms with E-state index in [1.54, 1.807) is 7.11 Å². The molecule has 0 heterocycles. The van der Waals surface area contributed by atoms with Gasteiger partial charge in [-0.15, -0.1) is 0 Å². The molecule has 7 heteroatoms. The zero-order chi connectivity index (χ0) is 24.8. The Morgan fingerprint density at radius 3 is 2.16 bits per heavy atom. The number of hydrogen-bond acceptors (Lipinski definition) is 5. The van der Waals surface area contributed by atoms with Gasteiger partial charge in [-0.25, -0.2) is 0 Å². The van der Waals surface area contributed by atoms with Crippen LogP contribution in [0.5, 0.6) is 0 Å². The lowest BCUT2D eigenvalue weighted by molar-refractivity contribution is -0.0286. The Bertz CT molecular complexity index is 600. The van der Waals surface area contributed by atoms with Gasteiger partial charge in [-0.3, -0.25) is 0 Å². The van der Waals surface area contributed by atoms with Gasteiger partial charge in [0.25, 0.3) is 0 Å². The minimum atomic E-state index is -2.36. The van der Waals surface area contributed by atoms with Crippen LogP contribution in [0.1, 0.15) is 60.3 Å². The van der Waals surface area contributed by atoms with Crippen LogP contribution in [0.2, 0.25) is 36.3 Å². The standard InChI is InChI=1S/C25H50O5Si2/c1-24(2,3)32(9,10)30-23-17-20(13-14-26)16-21(18-25(4,5)31(7,8)27)22(23)12-11-15-29-19-28-6/h12-13,21,23,26-27H,11,14-19H2,1-10H3/b20-13+,22-12+/t21-,23+/m0/s1. The molecule has 1 rings (SSSR count). The average Bonchev–Trinajstić information content (AvgIpc) is 2.61. The Morgan fingerprint density at radius 1 is 1.03 bits per heavy atom. The second-order valence-corrected chi connectivity index (χ2v) is 21.2. The molecule has 0 aromatic heterocycles. The molecule has 0 saturated heterocycles. The molecule has 0 aromatic carbocycles. The normalized spacial score (nSPS) is 23.9. The summed E-state index contributed by atoms with van der Waals surface area (Å²) in [7, 11) is -2.71. The number of ether oxygens (including phenoxy) is 2. The molecule has 0 radical (unpaired) electrons. The summed E-state index contributed by atoms with van der Waals surface area (Å²) >= 11 is 0. The smallest absolute Gasteiger partial charge is 0.192 e. The van der Waals surface area contributed by atoms with Gasteiger partial charge in [-0.2, -0.15) is 0 Å². The first-order chi connectivity index (χ1) is 14.6. The predicted octanol–water partition coefficient (Wildman–Crippen LogP) is 6.01. The summed E-state index contributed by atoms with van der Waals surface area (Å²) in [4.78, 5) is 11.0. The van der Waals surface area contributed by atoms with Crippen molar-refractivity contribution < 1.29 is 23.8 Å². The third kappa shape index (κ3) is 8.49. The molecule has 1 aliphatic carbocycles. The monoisotopic (exact) mass is 486 g/mol. The van der Waals surface area contributed by atoms with Crippen molar-refractivity contribution in [2.75, 3.05) is 27.1 Å². The average molecular weight is 487 g/mol. The van der Waals surface area contributed by atoms with Crippen molar-refractivity contribution in [1.29, 1.82) is 0 Å². The highest BCUT2D eigenvalue weighted by molar-refractivity contribution is 6.74. The van der Waals surface area contributed by atoms with Crippen LogP contribution >= 0.6 is 0 Å². The lowest BCUT2D eigenvalue weighted by atomic mass is 9.75. The zero-order valence-electron chi connectivity index (χ0n) is 22.4. The van der Waals surface area contributed by atoms with Crippen molar-refractivity contribution in [3.8, 4) is 0 Å². The van der Waals surface area contributed by atoms with Crippen LogP contribution in [-0.2, 0) is 13.9 Å². The fourth-order valence-electron chi connectivity index (χ4n) is 3.88. The zero-order valence-corrected chi connectivity index (χ0v) is 24.4. The highest BCUT2D eigenvalue weighted by Crippen LogP contribution is 2.49. The molecule has 0 aliphatic heterocycles. The molecule has 2 N–H and O–H groups in total. The molecule has 1 saturated carbocycles. The summed E-state index contributed by atoms with van der Waals surface area (Å²) in [5.41, 5.74) is 2.61. The van der Waals surface area contributed by atoms with Crippen LogP contribution in [0.4, 0.5) is 0 Å². The van der Waals surface area contributed by atoms with Crippen LogP contribution in [0.25, 0.3) is 0 Å². The van der Waals surface area contributed by atoms with E-state index in [4.69, 9.17) is 13.9 Å². The van der Waals surface area contributed by atoms with Crippen LogP contribution in [0.15, 0.2) is 23.3 Å². The largest absolute Gasteiger partial charge is 0.432 e. The van der Waals surface area contributed by atoms with Crippen LogP contribution in [0.3, 0.4) is 0 Å². The first-order valence-electron chi connectivity index (χ1n) is 12.0. The maximum absolute atomic E-state index is 11.0. The van der Waals surface area contributed by atoms with E-state index in [1.165, 1.54) is 11.1 Å². The van der Waals surface area contributed by atoms with Gasteiger partial charge < -0.3 is 23.8 Å². The number of aliphatic hydroxyl groups is 1. The van der Waals surface area contributed by atoms with Crippen molar-refractivity contribution >= 4 is 16.6 Å². The first-order valence-corrected chi connectivity index (χ1v) is 17.9. The minimum Gasteiger partial charge on any atom is -0.432 e. The molecular weight excluding hydrogens is 436 g/mol. The number of methoxy groups -OCH3 is 1. The van der Waals surface area contributed by atoms with Gasteiger partial charge in [0.1, 0.15) is 6.79 Å². The molecule has 0 unspecified atom stereocenters. The van der Waals surface area contributed by atoms with Crippen molar-refractivity contribution in [3.63, 3.8) is 0 Å². The number of aliphatic hydroxyl groups excluding tert-OH is 1. The Labute approximate surface area is 199 Å². The van der Waals surface area contributed by atoms with Crippen molar-refractivity contribution in [2.45, 2.75) is 103 Å². The van der Waals surface area contributed by atoms with Crippen LogP contribution < -0.4 is 0 Å². The quantitative estimate of drug-likeness (QED) is 0.162. The molecule has 5 nitrogen and oxygen atoms in total. The van der Waals surface area contributed by atoms with E-state index in [1.807, 2.05) is 19.2 Å². The summed E-state index contributed by atoms with van der Waals surface area (Å²) in [6.45, 7) is 20.9. The summed E-state index contributed by atoms with van der Waals surface area (Å²) in [6, 6.07) is 0. The molecule has 0 amide bonds. The van der Waals surface area contributed by atoms with E-state index in [0.717, 1.165) is 25.7 Å². The maximum atomic E-state index is 11.0. The Hall–Kier alpha value is -0.286. The molecule has 0 spiro atoms. The number of rotatable bonds is 11. The second-order valence-electron chi connectivity index (χ2n) is 12.0. The highest BCUT2D eigenvalue weighted by Gasteiger charge is 2.45. The maximum Gasteiger partial charge on any atom is 0.192 e. The third-order valence-corrected chi connectivity index (χ3v) is 15.7. The summed E-state index contributed by atoms with van der Waals surface area (Å²) < 4.78 is 17.5. The van der Waals surface area contributed by atoms with Gasteiger partial charge in [0.05, 0.1) is 19.3 Å². The Balaban J connectivity index is 3.33. The Morgan fingerprint density at radius 2 is 1.66 bits per heavy atom. The SMILES string of the molecule is COCOCC/C=C1\[C@H](CC(C)(C)[Si](C)(C)O)C/C(=C\CO)C[C@H]1O[Si](C)(C)C(C)(C)C. The lowest BCUT2D eigenvalue weighted by Gasteiger charge is -2.46. The molecule has 0 aromatic rings. The van der Waals surface area contributed by atoms with Crippen LogP contribution in [0, 0.1) is 5.92 Å². The summed E-state index contributed by atoms with van der Waals surface area (Å²) in [6.07, 6.45) is 7.75. The summed E-state index contributed by atoms with van der Waals surface area (Å²) in [5.74, 6) is 0.285. The van der Waals surface area contributed by atoms with Gasteiger partial charge in [-0.05, 0) is 73.4 Å². The van der Waals surface area contributed by atoms with E-state index >= 15 is 0 Å². The van der Waals surface area contributed by atoms with Gasteiger partial charge in [0, 0.05) is 7.11 Å². The summed E-state index contributed by atoms with van der Waals surface area (Å²) in [5, 5.41) is 9.61. The van der Waals surface area contributed by atoms with Gasteiger partial charge in [0.2, 0.25) is 0 Å². The molecule has 0 bridgehead atoms. The van der Waals surface area contributed by atoms with Crippen molar-refractivity contribution in [3.05, 3.63) is 23.3 Å². The first kappa shape index (κ1) is 29.7. The highest BCUT2D eigenvalue weighted by atomic mass is 28.4. The van der Waals surface area contributed by atoms with E-state index < -0.39 is 16.6 Å². The van der Waals surface area contributed by atoms with E-state index in [-0.39, 0.29) is 28.7 Å². The van der Waals surface area contributed by atoms with Gasteiger partial charge >= 0.3 is 0 Å². The molecule has 188 valence electrons. The third-order valence-electron chi connectivity index (χ3n) is 7.68. The van der Waals surface area contributed by atoms with E-state index in [0.29, 0.717) is 13.4 Å². The topological polar surface area (TPSA) is 68.2 Å². The number of hydrogen-bond donors (Lipinski definition) is 2. The molecule has 1 aliphatic rings. The fraction of sp³-hybridized carbons (Fsp3) is 0.840. The van der Waals surface area contributed by atoms with Crippen molar-refractivity contribution in [2.24, 2.45) is 5.92 Å². The van der Waals surface area contributed by atoms with Gasteiger partial charge in [0.15, 0.2) is 16.6 Å². The molecular formula is C25H50O5Si2. The molecule has 2 atom stereocenters. The molecule has 1 fully saturated rings. The molecule has 32 heavy (non-hydrogen) atoms. The predicted molar refractivity (Wildman–Crippen MR) is 139 cm³/mol.